The summed E-state index contributed by atoms with van der Waals surface area (Å²) in [7, 11) is 0. The lowest BCUT2D eigenvalue weighted by Crippen LogP contribution is -2.36. The summed E-state index contributed by atoms with van der Waals surface area (Å²) < 4.78 is 11.2. The van der Waals surface area contributed by atoms with Crippen LogP contribution in [0, 0.1) is 0 Å². The van der Waals surface area contributed by atoms with Gasteiger partial charge in [-0.15, -0.1) is 0 Å². The van der Waals surface area contributed by atoms with Crippen molar-refractivity contribution < 1.29 is 9.47 Å². The molecule has 2 heterocycles. The van der Waals surface area contributed by atoms with Crippen molar-refractivity contribution in [1.82, 2.24) is 5.43 Å². The van der Waals surface area contributed by atoms with E-state index in [-0.39, 0.29) is 0 Å². The smallest absolute Gasteiger partial charge is 0.154 e. The van der Waals surface area contributed by atoms with Crippen LogP contribution in [0.4, 0.5) is 11.4 Å². The largest absolute Gasteiger partial charge is 0.494 e. The summed E-state index contributed by atoms with van der Waals surface area (Å²) in [6, 6.07) is 24.6. The first-order chi connectivity index (χ1) is 15.8. The number of anilines is 1. The first-order valence-corrected chi connectivity index (χ1v) is 11.0. The van der Waals surface area contributed by atoms with Crippen molar-refractivity contribution in [1.29, 1.82) is 0 Å². The second kappa shape index (κ2) is 9.24. The number of aliphatic imine (C=N–C) groups is 1. The highest BCUT2D eigenvalue weighted by Gasteiger charge is 2.19. The third kappa shape index (κ3) is 4.22. The van der Waals surface area contributed by atoms with E-state index in [1.807, 2.05) is 55.5 Å². The quantitative estimate of drug-likeness (QED) is 0.659. The molecule has 0 radical (unpaired) electrons. The van der Waals surface area contributed by atoms with Gasteiger partial charge in [0.1, 0.15) is 11.5 Å². The molecule has 6 nitrogen and oxygen atoms in total. The molecule has 2 aliphatic heterocycles. The van der Waals surface area contributed by atoms with Gasteiger partial charge in [-0.25, -0.2) is 4.99 Å². The summed E-state index contributed by atoms with van der Waals surface area (Å²) >= 11 is 0. The summed E-state index contributed by atoms with van der Waals surface area (Å²) in [5.74, 6) is 1.53. The molecule has 0 unspecified atom stereocenters. The number of amidine groups is 1. The van der Waals surface area contributed by atoms with Crippen LogP contribution in [0.25, 0.3) is 0 Å². The van der Waals surface area contributed by atoms with Gasteiger partial charge in [0.15, 0.2) is 5.84 Å². The first kappa shape index (κ1) is 20.3. The lowest BCUT2D eigenvalue weighted by Gasteiger charge is -2.29. The van der Waals surface area contributed by atoms with Gasteiger partial charge in [0.05, 0.1) is 25.5 Å². The minimum Gasteiger partial charge on any atom is -0.494 e. The molecular weight excluding hydrogens is 400 g/mol. The molecule has 0 atom stereocenters. The number of benzene rings is 3. The van der Waals surface area contributed by atoms with E-state index in [9.17, 15) is 0 Å². The van der Waals surface area contributed by atoms with Crippen molar-refractivity contribution >= 4 is 22.9 Å². The third-order valence-electron chi connectivity index (χ3n) is 5.60. The van der Waals surface area contributed by atoms with Crippen LogP contribution in [-0.4, -0.2) is 44.5 Å². The Morgan fingerprint density at radius 1 is 0.938 bits per heavy atom. The van der Waals surface area contributed by atoms with E-state index in [1.54, 1.807) is 0 Å². The van der Waals surface area contributed by atoms with Crippen molar-refractivity contribution in [2.75, 3.05) is 37.8 Å². The zero-order chi connectivity index (χ0) is 21.8. The van der Waals surface area contributed by atoms with Crippen LogP contribution in [0.15, 0.2) is 82.9 Å². The minimum atomic E-state index is 0.607. The van der Waals surface area contributed by atoms with Crippen LogP contribution >= 0.6 is 0 Å². The highest BCUT2D eigenvalue weighted by Crippen LogP contribution is 2.30. The van der Waals surface area contributed by atoms with Crippen LogP contribution in [0.3, 0.4) is 0 Å². The van der Waals surface area contributed by atoms with Gasteiger partial charge >= 0.3 is 0 Å². The summed E-state index contributed by atoms with van der Waals surface area (Å²) in [6.45, 7) is 5.96. The minimum absolute atomic E-state index is 0.607. The molecular formula is C26H26N4O2. The highest BCUT2D eigenvalue weighted by atomic mass is 16.5. The topological polar surface area (TPSA) is 58.5 Å². The average Bonchev–Trinajstić information content (AvgIpc) is 3.05. The number of hydrogen-bond acceptors (Lipinski definition) is 6. The van der Waals surface area contributed by atoms with E-state index in [4.69, 9.17) is 19.6 Å². The molecule has 3 aromatic carbocycles. The van der Waals surface area contributed by atoms with Gasteiger partial charge < -0.3 is 14.4 Å². The molecule has 0 amide bonds. The van der Waals surface area contributed by atoms with Gasteiger partial charge in [0.25, 0.3) is 0 Å². The summed E-state index contributed by atoms with van der Waals surface area (Å²) in [5, 5.41) is 4.78. The number of nitrogens with zero attached hydrogens (tertiary/aromatic N) is 3. The third-order valence-corrected chi connectivity index (χ3v) is 5.60. The fourth-order valence-electron chi connectivity index (χ4n) is 3.97. The van der Waals surface area contributed by atoms with Crippen molar-refractivity contribution in [3.05, 3.63) is 89.5 Å². The monoisotopic (exact) mass is 426 g/mol. The molecule has 0 saturated carbocycles. The fraction of sp³-hybridized carbons (Fsp3) is 0.231. The Labute approximate surface area is 188 Å². The Morgan fingerprint density at radius 2 is 1.72 bits per heavy atom. The standard InChI is InChI=1S/C26H26N4O2/c1-2-32-22-12-13-24-23(18-22)25(28-29-26(27-24)20-6-4-3-5-7-20)19-8-10-21(11-9-19)30-14-16-31-17-15-30/h3-13,18H,2,14-17H2,1H3,(H,27,29). The van der Waals surface area contributed by atoms with Gasteiger partial charge in [-0.3, -0.25) is 5.43 Å². The molecule has 1 fully saturated rings. The summed E-state index contributed by atoms with van der Waals surface area (Å²) in [5.41, 5.74) is 9.03. The Bertz CT molecular complexity index is 1130. The maximum atomic E-state index is 5.76. The van der Waals surface area contributed by atoms with Crippen LogP contribution < -0.4 is 15.1 Å². The Hall–Kier alpha value is -3.64. The molecule has 0 spiro atoms. The molecule has 0 bridgehead atoms. The zero-order valence-corrected chi connectivity index (χ0v) is 18.1. The van der Waals surface area contributed by atoms with Crippen molar-refractivity contribution in [3.8, 4) is 5.75 Å². The number of hydrazone groups is 1. The van der Waals surface area contributed by atoms with E-state index < -0.39 is 0 Å². The predicted molar refractivity (Wildman–Crippen MR) is 128 cm³/mol. The summed E-state index contributed by atoms with van der Waals surface area (Å²) in [6.07, 6.45) is 0. The van der Waals surface area contributed by atoms with Crippen LogP contribution in [0.2, 0.25) is 0 Å². The fourth-order valence-corrected chi connectivity index (χ4v) is 3.97. The number of morpholine rings is 1. The maximum Gasteiger partial charge on any atom is 0.154 e. The lowest BCUT2D eigenvalue weighted by atomic mass is 10.00. The molecule has 162 valence electrons. The molecule has 3 aromatic rings. The van der Waals surface area contributed by atoms with Crippen molar-refractivity contribution in [2.24, 2.45) is 10.1 Å². The molecule has 1 N–H and O–H groups in total. The maximum absolute atomic E-state index is 5.76. The molecule has 32 heavy (non-hydrogen) atoms. The number of hydrogen-bond donors (Lipinski definition) is 1. The number of rotatable bonds is 5. The zero-order valence-electron chi connectivity index (χ0n) is 18.1. The highest BCUT2D eigenvalue weighted by molar-refractivity contribution is 6.18. The normalized spacial score (nSPS) is 15.7. The first-order valence-electron chi connectivity index (χ1n) is 11.0. The van der Waals surface area contributed by atoms with Crippen LogP contribution in [0.5, 0.6) is 5.75 Å². The molecule has 6 heteroatoms. The Morgan fingerprint density at radius 3 is 2.47 bits per heavy atom. The van der Waals surface area contributed by atoms with E-state index in [0.717, 1.165) is 66.0 Å². The van der Waals surface area contributed by atoms with E-state index in [2.05, 4.69) is 34.6 Å². The van der Waals surface area contributed by atoms with Crippen molar-refractivity contribution in [2.45, 2.75) is 6.92 Å². The van der Waals surface area contributed by atoms with Crippen molar-refractivity contribution in [3.63, 3.8) is 0 Å². The van der Waals surface area contributed by atoms with Gasteiger partial charge in [0.2, 0.25) is 0 Å². The second-order valence-corrected chi connectivity index (χ2v) is 7.66. The lowest BCUT2D eigenvalue weighted by molar-refractivity contribution is 0.122. The molecule has 0 aliphatic carbocycles. The van der Waals surface area contributed by atoms with E-state index in [0.29, 0.717) is 6.61 Å². The Balaban J connectivity index is 1.53. The van der Waals surface area contributed by atoms with Crippen LogP contribution in [0.1, 0.15) is 23.6 Å². The SMILES string of the molecule is CCOc1ccc2c(c1)C(c1ccc(N3CCOCC3)cc1)=NNC(c1ccccc1)=N2. The predicted octanol–water partition coefficient (Wildman–Crippen LogP) is 4.36. The molecule has 5 rings (SSSR count). The number of nitrogens with one attached hydrogen (secondary N) is 1. The second-order valence-electron chi connectivity index (χ2n) is 7.66. The molecule has 1 saturated heterocycles. The van der Waals surface area contributed by atoms with E-state index >= 15 is 0 Å². The summed E-state index contributed by atoms with van der Waals surface area (Å²) in [4.78, 5) is 7.24. The average molecular weight is 427 g/mol. The number of fused-ring (bicyclic) bond motifs is 1. The molecule has 0 aromatic heterocycles. The molecule has 2 aliphatic rings. The van der Waals surface area contributed by atoms with Gasteiger partial charge in [0, 0.05) is 35.5 Å². The Kier molecular flexibility index (Phi) is 5.85. The van der Waals surface area contributed by atoms with Gasteiger partial charge in [-0.2, -0.15) is 5.10 Å². The van der Waals surface area contributed by atoms with Crippen LogP contribution in [-0.2, 0) is 4.74 Å². The van der Waals surface area contributed by atoms with Gasteiger partial charge in [-0.05, 0) is 37.3 Å². The van der Waals surface area contributed by atoms with Gasteiger partial charge in [-0.1, -0.05) is 42.5 Å². The van der Waals surface area contributed by atoms with E-state index in [1.165, 1.54) is 5.69 Å². The number of ether oxygens (including phenoxy) is 2.